The van der Waals surface area contributed by atoms with E-state index >= 15 is 0 Å². The van der Waals surface area contributed by atoms with Crippen LogP contribution < -0.4 is 11.1 Å². The number of rotatable bonds is 5. The number of benzene rings is 2. The first-order valence-corrected chi connectivity index (χ1v) is 6.57. The van der Waals surface area contributed by atoms with Gasteiger partial charge in [0.2, 0.25) is 0 Å². The molecule has 0 saturated carbocycles. The summed E-state index contributed by atoms with van der Waals surface area (Å²) >= 11 is 0. The minimum atomic E-state index is -0.502. The number of hydrogen-bond donors (Lipinski definition) is 2. The van der Waals surface area contributed by atoms with E-state index in [4.69, 9.17) is 5.73 Å². The molecule has 0 heterocycles. The van der Waals surface area contributed by atoms with Crippen molar-refractivity contribution in [2.24, 2.45) is 0 Å². The van der Waals surface area contributed by atoms with Crippen molar-refractivity contribution in [1.82, 2.24) is 5.32 Å². The first kappa shape index (κ1) is 14.5. The maximum absolute atomic E-state index is 13.6. The van der Waals surface area contributed by atoms with Gasteiger partial charge in [-0.1, -0.05) is 24.3 Å². The summed E-state index contributed by atoms with van der Waals surface area (Å²) in [6.07, 6.45) is 0.297. The number of hydrogen-bond acceptors (Lipinski definition) is 2. The Kier molecular flexibility index (Phi) is 4.69. The van der Waals surface area contributed by atoms with Crippen LogP contribution in [0.5, 0.6) is 0 Å². The summed E-state index contributed by atoms with van der Waals surface area (Å²) < 4.78 is 27.1. The highest BCUT2D eigenvalue weighted by atomic mass is 19.1. The summed E-state index contributed by atoms with van der Waals surface area (Å²) in [5, 5.41) is 3.23. The Labute approximate surface area is 117 Å². The number of anilines is 1. The van der Waals surface area contributed by atoms with Gasteiger partial charge in [-0.2, -0.15) is 0 Å². The van der Waals surface area contributed by atoms with Crippen LogP contribution in [0.4, 0.5) is 14.5 Å². The Hall–Kier alpha value is -1.94. The Balaban J connectivity index is 1.96. The smallest absolute Gasteiger partial charge is 0.129 e. The van der Waals surface area contributed by atoms with E-state index < -0.39 is 11.6 Å². The van der Waals surface area contributed by atoms with E-state index in [0.29, 0.717) is 18.7 Å². The standard InChI is InChI=1S/C16H18F2N2/c1-11(9-13-14(17)6-4-7-15(13)18)20-10-12-5-2-3-8-16(12)19/h2-8,11,20H,9-10,19H2,1H3. The predicted molar refractivity (Wildman–Crippen MR) is 77.2 cm³/mol. The average molecular weight is 276 g/mol. The molecule has 2 aromatic rings. The van der Waals surface area contributed by atoms with Gasteiger partial charge >= 0.3 is 0 Å². The van der Waals surface area contributed by atoms with E-state index in [9.17, 15) is 8.78 Å². The molecule has 0 amide bonds. The monoisotopic (exact) mass is 276 g/mol. The fourth-order valence-electron chi connectivity index (χ4n) is 2.09. The van der Waals surface area contributed by atoms with E-state index in [2.05, 4.69) is 5.32 Å². The van der Waals surface area contributed by atoms with Gasteiger partial charge in [-0.3, -0.25) is 0 Å². The SMILES string of the molecule is CC(Cc1c(F)cccc1F)NCc1ccccc1N. The molecular formula is C16H18F2N2. The van der Waals surface area contributed by atoms with Crippen molar-refractivity contribution in [3.05, 3.63) is 65.2 Å². The van der Waals surface area contributed by atoms with Gasteiger partial charge in [-0.05, 0) is 37.1 Å². The first-order valence-electron chi connectivity index (χ1n) is 6.57. The predicted octanol–water partition coefficient (Wildman–Crippen LogP) is 3.27. The molecule has 2 aromatic carbocycles. The third kappa shape index (κ3) is 3.54. The van der Waals surface area contributed by atoms with E-state index in [-0.39, 0.29) is 11.6 Å². The van der Waals surface area contributed by atoms with E-state index in [1.165, 1.54) is 18.2 Å². The van der Waals surface area contributed by atoms with Crippen LogP contribution in [0.15, 0.2) is 42.5 Å². The topological polar surface area (TPSA) is 38.0 Å². The van der Waals surface area contributed by atoms with Crippen molar-refractivity contribution in [3.63, 3.8) is 0 Å². The largest absolute Gasteiger partial charge is 0.398 e. The molecule has 0 bridgehead atoms. The third-order valence-corrected chi connectivity index (χ3v) is 3.27. The average Bonchev–Trinajstić information content (AvgIpc) is 2.42. The molecule has 0 aliphatic carbocycles. The molecule has 1 unspecified atom stereocenters. The van der Waals surface area contributed by atoms with E-state index in [0.717, 1.165) is 5.56 Å². The minimum absolute atomic E-state index is 0.0546. The van der Waals surface area contributed by atoms with Crippen LogP contribution in [-0.4, -0.2) is 6.04 Å². The second kappa shape index (κ2) is 6.48. The summed E-state index contributed by atoms with van der Waals surface area (Å²) in [5.74, 6) is -1.00. The normalized spacial score (nSPS) is 12.3. The van der Waals surface area contributed by atoms with Gasteiger partial charge in [-0.15, -0.1) is 0 Å². The fraction of sp³-hybridized carbons (Fsp3) is 0.250. The van der Waals surface area contributed by atoms with Crippen molar-refractivity contribution < 1.29 is 8.78 Å². The van der Waals surface area contributed by atoms with Gasteiger partial charge in [0.15, 0.2) is 0 Å². The van der Waals surface area contributed by atoms with Crippen molar-refractivity contribution in [3.8, 4) is 0 Å². The number of nitrogen functional groups attached to an aromatic ring is 1. The summed E-state index contributed by atoms with van der Waals surface area (Å²) in [7, 11) is 0. The van der Waals surface area contributed by atoms with Crippen molar-refractivity contribution >= 4 is 5.69 Å². The highest BCUT2D eigenvalue weighted by molar-refractivity contribution is 5.46. The van der Waals surface area contributed by atoms with Crippen LogP contribution in [0.1, 0.15) is 18.1 Å². The Morgan fingerprint density at radius 2 is 1.70 bits per heavy atom. The molecular weight excluding hydrogens is 258 g/mol. The molecule has 4 heteroatoms. The lowest BCUT2D eigenvalue weighted by molar-refractivity contribution is 0.499. The molecule has 0 radical (unpaired) electrons. The van der Waals surface area contributed by atoms with Crippen LogP contribution in [0, 0.1) is 11.6 Å². The van der Waals surface area contributed by atoms with Gasteiger partial charge in [-0.25, -0.2) is 8.78 Å². The van der Waals surface area contributed by atoms with Crippen LogP contribution in [0.3, 0.4) is 0 Å². The number of nitrogens with two attached hydrogens (primary N) is 1. The number of nitrogens with one attached hydrogen (secondary N) is 1. The van der Waals surface area contributed by atoms with Crippen LogP contribution in [0.2, 0.25) is 0 Å². The lowest BCUT2D eigenvalue weighted by atomic mass is 10.1. The van der Waals surface area contributed by atoms with Crippen molar-refractivity contribution in [2.45, 2.75) is 25.9 Å². The number of para-hydroxylation sites is 1. The highest BCUT2D eigenvalue weighted by Crippen LogP contribution is 2.15. The van der Waals surface area contributed by atoms with Crippen LogP contribution >= 0.6 is 0 Å². The second-order valence-electron chi connectivity index (χ2n) is 4.89. The molecule has 2 nitrogen and oxygen atoms in total. The summed E-state index contributed by atoms with van der Waals surface area (Å²) in [6, 6.07) is 11.4. The lowest BCUT2D eigenvalue weighted by Crippen LogP contribution is -2.28. The zero-order chi connectivity index (χ0) is 14.5. The first-order chi connectivity index (χ1) is 9.58. The van der Waals surface area contributed by atoms with Crippen molar-refractivity contribution in [1.29, 1.82) is 0 Å². The Bertz CT molecular complexity index is 564. The molecule has 106 valence electrons. The quantitative estimate of drug-likeness (QED) is 0.823. The second-order valence-corrected chi connectivity index (χ2v) is 4.89. The molecule has 2 rings (SSSR count). The minimum Gasteiger partial charge on any atom is -0.398 e. The molecule has 1 atom stereocenters. The Morgan fingerprint density at radius 1 is 1.05 bits per heavy atom. The van der Waals surface area contributed by atoms with Gasteiger partial charge in [0.25, 0.3) is 0 Å². The maximum atomic E-state index is 13.6. The molecule has 0 saturated heterocycles. The van der Waals surface area contributed by atoms with Gasteiger partial charge in [0.1, 0.15) is 11.6 Å². The van der Waals surface area contributed by atoms with E-state index in [1.807, 2.05) is 31.2 Å². The molecule has 3 N–H and O–H groups in total. The van der Waals surface area contributed by atoms with Crippen LogP contribution in [-0.2, 0) is 13.0 Å². The fourth-order valence-corrected chi connectivity index (χ4v) is 2.09. The Morgan fingerprint density at radius 3 is 2.35 bits per heavy atom. The molecule has 0 fully saturated rings. The van der Waals surface area contributed by atoms with E-state index in [1.54, 1.807) is 0 Å². The lowest BCUT2D eigenvalue weighted by Gasteiger charge is -2.15. The summed E-state index contributed by atoms with van der Waals surface area (Å²) in [5.41, 5.74) is 7.66. The maximum Gasteiger partial charge on any atom is 0.129 e. The van der Waals surface area contributed by atoms with Crippen molar-refractivity contribution in [2.75, 3.05) is 5.73 Å². The van der Waals surface area contributed by atoms with Gasteiger partial charge < -0.3 is 11.1 Å². The molecule has 0 spiro atoms. The molecule has 0 aliphatic rings. The third-order valence-electron chi connectivity index (χ3n) is 3.27. The molecule has 0 aromatic heterocycles. The zero-order valence-corrected chi connectivity index (χ0v) is 11.4. The van der Waals surface area contributed by atoms with Gasteiger partial charge in [0.05, 0.1) is 0 Å². The highest BCUT2D eigenvalue weighted by Gasteiger charge is 2.12. The number of halogens is 2. The van der Waals surface area contributed by atoms with Crippen LogP contribution in [0.25, 0.3) is 0 Å². The zero-order valence-electron chi connectivity index (χ0n) is 11.4. The molecule has 20 heavy (non-hydrogen) atoms. The van der Waals surface area contributed by atoms with Gasteiger partial charge in [0, 0.05) is 23.8 Å². The summed E-state index contributed by atoms with van der Waals surface area (Å²) in [4.78, 5) is 0. The summed E-state index contributed by atoms with van der Waals surface area (Å²) in [6.45, 7) is 2.47. The molecule has 0 aliphatic heterocycles.